The van der Waals surface area contributed by atoms with E-state index in [1.807, 2.05) is 0 Å². The molecule has 0 spiro atoms. The third kappa shape index (κ3) is 3.98. The van der Waals surface area contributed by atoms with Gasteiger partial charge in [-0.25, -0.2) is 0 Å². The average Bonchev–Trinajstić information content (AvgIpc) is 2.17. The van der Waals surface area contributed by atoms with Crippen molar-refractivity contribution in [3.05, 3.63) is 23.5 Å². The van der Waals surface area contributed by atoms with Gasteiger partial charge in [0, 0.05) is 27.7 Å². The van der Waals surface area contributed by atoms with Crippen molar-refractivity contribution < 1.29 is 0 Å². The van der Waals surface area contributed by atoms with Crippen molar-refractivity contribution in [1.82, 2.24) is 9.80 Å². The molecule has 0 saturated heterocycles. The quantitative estimate of drug-likeness (QED) is 0.622. The lowest BCUT2D eigenvalue weighted by molar-refractivity contribution is 0.387. The molecular formula is C13H26N2. The first kappa shape index (κ1) is 14.1. The lowest BCUT2D eigenvalue weighted by atomic mass is 10.1. The maximum atomic E-state index is 4.19. The Morgan fingerprint density at radius 2 is 1.67 bits per heavy atom. The highest BCUT2D eigenvalue weighted by Crippen LogP contribution is 2.20. The van der Waals surface area contributed by atoms with E-state index in [-0.39, 0.29) is 0 Å². The Kier molecular flexibility index (Phi) is 6.14. The summed E-state index contributed by atoms with van der Waals surface area (Å²) in [7, 11) is 6.27. The van der Waals surface area contributed by atoms with Crippen molar-refractivity contribution >= 4 is 0 Å². The topological polar surface area (TPSA) is 6.48 Å². The third-order valence-corrected chi connectivity index (χ3v) is 2.67. The van der Waals surface area contributed by atoms with Gasteiger partial charge in [-0.3, -0.25) is 0 Å². The van der Waals surface area contributed by atoms with Gasteiger partial charge < -0.3 is 9.80 Å². The van der Waals surface area contributed by atoms with E-state index < -0.39 is 0 Å². The van der Waals surface area contributed by atoms with Crippen LogP contribution in [0.5, 0.6) is 0 Å². The fourth-order valence-electron chi connectivity index (χ4n) is 1.70. The molecule has 0 aliphatic heterocycles. The Hall–Kier alpha value is -0.920. The van der Waals surface area contributed by atoms with Crippen LogP contribution < -0.4 is 0 Å². The minimum Gasteiger partial charge on any atom is -0.376 e. The Balaban J connectivity index is 4.88. The van der Waals surface area contributed by atoms with E-state index in [4.69, 9.17) is 0 Å². The predicted octanol–water partition coefficient (Wildman–Crippen LogP) is 3.09. The molecule has 0 heterocycles. The number of hydrogen-bond acceptors (Lipinski definition) is 2. The summed E-state index contributed by atoms with van der Waals surface area (Å²) in [5.41, 5.74) is 3.79. The van der Waals surface area contributed by atoms with Gasteiger partial charge in [-0.15, -0.1) is 0 Å². The molecule has 0 aromatic carbocycles. The summed E-state index contributed by atoms with van der Waals surface area (Å²) in [4.78, 5) is 4.39. The van der Waals surface area contributed by atoms with Crippen LogP contribution in [0.1, 0.15) is 33.6 Å². The number of hydrogen-bond donors (Lipinski definition) is 0. The van der Waals surface area contributed by atoms with E-state index in [1.54, 1.807) is 0 Å². The molecule has 0 radical (unpaired) electrons. The van der Waals surface area contributed by atoms with Gasteiger partial charge in [-0.05, 0) is 25.3 Å². The number of allylic oxidation sites excluding steroid dienone is 1. The van der Waals surface area contributed by atoms with Gasteiger partial charge in [-0.1, -0.05) is 20.4 Å². The molecule has 0 bridgehead atoms. The van der Waals surface area contributed by atoms with Crippen molar-refractivity contribution in [1.29, 1.82) is 0 Å². The highest BCUT2D eigenvalue weighted by Gasteiger charge is 2.11. The first-order chi connectivity index (χ1) is 6.95. The average molecular weight is 210 g/mol. The molecule has 0 aliphatic rings. The molecule has 2 heteroatoms. The Morgan fingerprint density at radius 1 is 1.13 bits per heavy atom. The lowest BCUT2D eigenvalue weighted by Crippen LogP contribution is -2.26. The van der Waals surface area contributed by atoms with Crippen molar-refractivity contribution in [2.45, 2.75) is 33.6 Å². The van der Waals surface area contributed by atoms with Crippen LogP contribution >= 0.6 is 0 Å². The Bertz CT molecular complexity index is 239. The van der Waals surface area contributed by atoms with Crippen molar-refractivity contribution in [3.8, 4) is 0 Å². The number of nitrogens with zero attached hydrogens (tertiary/aromatic N) is 2. The second kappa shape index (κ2) is 6.54. The van der Waals surface area contributed by atoms with E-state index in [9.17, 15) is 0 Å². The van der Waals surface area contributed by atoms with E-state index in [1.165, 1.54) is 11.3 Å². The number of likely N-dealkylation sites (N-methyl/N-ethyl adjacent to an activating group) is 2. The van der Waals surface area contributed by atoms with Crippen LogP contribution in [0.2, 0.25) is 0 Å². The molecule has 15 heavy (non-hydrogen) atoms. The van der Waals surface area contributed by atoms with Crippen molar-refractivity contribution in [2.75, 3.05) is 27.7 Å². The molecule has 0 saturated carbocycles. The summed E-state index contributed by atoms with van der Waals surface area (Å²) in [6.45, 7) is 11.8. The van der Waals surface area contributed by atoms with Crippen molar-refractivity contribution in [3.63, 3.8) is 0 Å². The maximum absolute atomic E-state index is 4.19. The molecule has 88 valence electrons. The molecule has 0 N–H and O–H groups in total. The highest BCUT2D eigenvalue weighted by atomic mass is 15.2. The summed E-state index contributed by atoms with van der Waals surface area (Å²) in [5, 5.41) is 0. The van der Waals surface area contributed by atoms with Gasteiger partial charge in [0.15, 0.2) is 0 Å². The zero-order valence-corrected chi connectivity index (χ0v) is 11.2. The minimum absolute atomic E-state index is 1.06. The molecule has 0 aromatic heterocycles. The third-order valence-electron chi connectivity index (χ3n) is 2.67. The Labute approximate surface area is 95.3 Å². The smallest absolute Gasteiger partial charge is 0.0581 e. The monoisotopic (exact) mass is 210 g/mol. The minimum atomic E-state index is 1.06. The first-order valence-corrected chi connectivity index (χ1v) is 5.73. The van der Waals surface area contributed by atoms with Crippen LogP contribution in [0, 0.1) is 0 Å². The van der Waals surface area contributed by atoms with Gasteiger partial charge >= 0.3 is 0 Å². The molecule has 0 fully saturated rings. The zero-order valence-electron chi connectivity index (χ0n) is 11.2. The molecular weight excluding hydrogens is 184 g/mol. The first-order valence-electron chi connectivity index (χ1n) is 5.73. The normalized spacial score (nSPS) is 12.1. The lowest BCUT2D eigenvalue weighted by Gasteiger charge is -2.29. The van der Waals surface area contributed by atoms with Gasteiger partial charge in [-0.2, -0.15) is 0 Å². The van der Waals surface area contributed by atoms with Crippen LogP contribution in [0.3, 0.4) is 0 Å². The van der Waals surface area contributed by atoms with Crippen LogP contribution in [0.25, 0.3) is 0 Å². The fourth-order valence-corrected chi connectivity index (χ4v) is 1.70. The van der Waals surface area contributed by atoms with Gasteiger partial charge in [0.2, 0.25) is 0 Å². The van der Waals surface area contributed by atoms with Gasteiger partial charge in [0.05, 0.1) is 11.4 Å². The summed E-state index contributed by atoms with van der Waals surface area (Å²) < 4.78 is 0. The SMILES string of the molecule is C=C(C(=C(C)CC)N(C)C)N(C)CCC. The molecule has 0 unspecified atom stereocenters. The van der Waals surface area contributed by atoms with E-state index >= 15 is 0 Å². The second-order valence-electron chi connectivity index (χ2n) is 4.25. The molecule has 0 aromatic rings. The summed E-state index contributed by atoms with van der Waals surface area (Å²) >= 11 is 0. The fraction of sp³-hybridized carbons (Fsp3) is 0.692. The molecule has 2 nitrogen and oxygen atoms in total. The standard InChI is InChI=1S/C13H26N2/c1-8-10-15(7)12(4)13(14(5)6)11(3)9-2/h4,8-10H2,1-3,5-7H3. The zero-order chi connectivity index (χ0) is 12.0. The molecule has 0 rings (SSSR count). The van der Waals surface area contributed by atoms with E-state index in [0.29, 0.717) is 0 Å². The Morgan fingerprint density at radius 3 is 2.00 bits per heavy atom. The summed E-state index contributed by atoms with van der Waals surface area (Å²) in [5.74, 6) is 0. The van der Waals surface area contributed by atoms with Crippen LogP contribution in [0.15, 0.2) is 23.5 Å². The van der Waals surface area contributed by atoms with Gasteiger partial charge in [0.25, 0.3) is 0 Å². The highest BCUT2D eigenvalue weighted by molar-refractivity contribution is 5.29. The largest absolute Gasteiger partial charge is 0.376 e. The van der Waals surface area contributed by atoms with Gasteiger partial charge in [0.1, 0.15) is 0 Å². The predicted molar refractivity (Wildman–Crippen MR) is 68.7 cm³/mol. The molecule has 0 aliphatic carbocycles. The van der Waals surface area contributed by atoms with Crippen LogP contribution in [-0.2, 0) is 0 Å². The van der Waals surface area contributed by atoms with Crippen LogP contribution in [0.4, 0.5) is 0 Å². The maximum Gasteiger partial charge on any atom is 0.0581 e. The van der Waals surface area contributed by atoms with E-state index in [0.717, 1.165) is 25.1 Å². The summed E-state index contributed by atoms with van der Waals surface area (Å²) in [6, 6.07) is 0. The second-order valence-corrected chi connectivity index (χ2v) is 4.25. The number of rotatable bonds is 6. The van der Waals surface area contributed by atoms with Crippen LogP contribution in [-0.4, -0.2) is 37.5 Å². The molecule has 0 amide bonds. The van der Waals surface area contributed by atoms with E-state index in [2.05, 4.69) is 58.3 Å². The molecule has 0 atom stereocenters. The van der Waals surface area contributed by atoms with Crippen molar-refractivity contribution in [2.24, 2.45) is 0 Å². The summed E-state index contributed by atoms with van der Waals surface area (Å²) in [6.07, 6.45) is 2.23.